The fourth-order valence-corrected chi connectivity index (χ4v) is 4.28. The summed E-state index contributed by atoms with van der Waals surface area (Å²) in [6.45, 7) is 2.30. The van der Waals surface area contributed by atoms with E-state index < -0.39 is 0 Å². The van der Waals surface area contributed by atoms with Gasteiger partial charge in [-0.1, -0.05) is 164 Å². The van der Waals surface area contributed by atoms with Crippen LogP contribution in [0.4, 0.5) is 0 Å². The molecule has 0 saturated carbocycles. The molecule has 0 nitrogen and oxygen atoms in total. The minimum atomic E-state index is 1.19. The first-order chi connectivity index (χ1) is 12.9. The molecular formula is C25H51Br. The third-order valence-corrected chi connectivity index (χ3v) is 6.30. The van der Waals surface area contributed by atoms with Gasteiger partial charge < -0.3 is 0 Å². The van der Waals surface area contributed by atoms with Gasteiger partial charge in [0.25, 0.3) is 0 Å². The van der Waals surface area contributed by atoms with E-state index in [4.69, 9.17) is 0 Å². The van der Waals surface area contributed by atoms with Crippen molar-refractivity contribution in [1.29, 1.82) is 0 Å². The zero-order valence-electron chi connectivity index (χ0n) is 18.3. The smallest absolute Gasteiger partial charge is 0.00313 e. The molecule has 158 valence electrons. The Morgan fingerprint density at radius 1 is 0.308 bits per heavy atom. The molecule has 0 aromatic carbocycles. The number of hydrogen-bond acceptors (Lipinski definition) is 0. The maximum atomic E-state index is 3.51. The first kappa shape index (κ1) is 26.5. The summed E-state index contributed by atoms with van der Waals surface area (Å²) >= 11 is 3.51. The number of hydrogen-bond donors (Lipinski definition) is 0. The first-order valence-electron chi connectivity index (χ1n) is 12.5. The van der Waals surface area contributed by atoms with Crippen molar-refractivity contribution in [2.45, 2.75) is 155 Å². The predicted octanol–water partition coefficient (Wildman–Crippen LogP) is 10.4. The van der Waals surface area contributed by atoms with Crippen LogP contribution in [-0.2, 0) is 0 Å². The molecule has 26 heavy (non-hydrogen) atoms. The Kier molecular flexibility index (Phi) is 26.0. The average Bonchev–Trinajstić information content (AvgIpc) is 2.66. The van der Waals surface area contributed by atoms with E-state index in [0.717, 1.165) is 0 Å². The fraction of sp³-hybridized carbons (Fsp3) is 1.00. The number of unbranched alkanes of at least 4 members (excludes halogenated alkanes) is 22. The maximum Gasteiger partial charge on any atom is 0.00313 e. The summed E-state index contributed by atoms with van der Waals surface area (Å²) in [5.74, 6) is 0. The fourth-order valence-electron chi connectivity index (χ4n) is 3.88. The molecule has 0 heterocycles. The van der Waals surface area contributed by atoms with Crippen LogP contribution in [0.5, 0.6) is 0 Å². The van der Waals surface area contributed by atoms with Gasteiger partial charge in [0.15, 0.2) is 0 Å². The molecule has 0 rings (SSSR count). The van der Waals surface area contributed by atoms with Crippen LogP contribution < -0.4 is 0 Å². The Labute approximate surface area is 175 Å². The Morgan fingerprint density at radius 2 is 0.500 bits per heavy atom. The van der Waals surface area contributed by atoms with E-state index in [1.54, 1.807) is 0 Å². The van der Waals surface area contributed by atoms with Gasteiger partial charge >= 0.3 is 0 Å². The zero-order valence-corrected chi connectivity index (χ0v) is 19.9. The summed E-state index contributed by atoms with van der Waals surface area (Å²) in [5, 5.41) is 1.19. The molecular weight excluding hydrogens is 380 g/mol. The minimum absolute atomic E-state index is 1.19. The largest absolute Gasteiger partial charge is 0.0928 e. The SMILES string of the molecule is CCCCCCCCCCCCCCCCCCCCCCCCCBr. The highest BCUT2D eigenvalue weighted by molar-refractivity contribution is 9.09. The molecule has 0 aliphatic carbocycles. The summed E-state index contributed by atoms with van der Waals surface area (Å²) in [7, 11) is 0. The van der Waals surface area contributed by atoms with Crippen molar-refractivity contribution >= 4 is 15.9 Å². The van der Waals surface area contributed by atoms with E-state index >= 15 is 0 Å². The summed E-state index contributed by atoms with van der Waals surface area (Å²) in [6, 6.07) is 0. The first-order valence-corrected chi connectivity index (χ1v) is 13.6. The van der Waals surface area contributed by atoms with Crippen molar-refractivity contribution in [1.82, 2.24) is 0 Å². The average molecular weight is 432 g/mol. The molecule has 0 N–H and O–H groups in total. The summed E-state index contributed by atoms with van der Waals surface area (Å²) in [4.78, 5) is 0. The molecule has 0 atom stereocenters. The van der Waals surface area contributed by atoms with E-state index in [2.05, 4.69) is 22.9 Å². The minimum Gasteiger partial charge on any atom is -0.0928 e. The summed E-state index contributed by atoms with van der Waals surface area (Å²) in [5.41, 5.74) is 0. The van der Waals surface area contributed by atoms with Crippen LogP contribution >= 0.6 is 15.9 Å². The second-order valence-electron chi connectivity index (χ2n) is 8.47. The molecule has 0 unspecified atom stereocenters. The van der Waals surface area contributed by atoms with E-state index in [1.165, 1.54) is 153 Å². The molecule has 0 aliphatic heterocycles. The number of halogens is 1. The van der Waals surface area contributed by atoms with Gasteiger partial charge in [-0.3, -0.25) is 0 Å². The van der Waals surface area contributed by atoms with Gasteiger partial charge in [0.05, 0.1) is 0 Å². The third-order valence-electron chi connectivity index (χ3n) is 5.74. The van der Waals surface area contributed by atoms with Crippen LogP contribution in [0, 0.1) is 0 Å². The van der Waals surface area contributed by atoms with E-state index in [9.17, 15) is 0 Å². The lowest BCUT2D eigenvalue weighted by atomic mass is 10.0. The van der Waals surface area contributed by atoms with Gasteiger partial charge in [-0.25, -0.2) is 0 Å². The van der Waals surface area contributed by atoms with Crippen molar-refractivity contribution in [3.8, 4) is 0 Å². The van der Waals surface area contributed by atoms with Gasteiger partial charge in [-0.15, -0.1) is 0 Å². The highest BCUT2D eigenvalue weighted by Gasteiger charge is 1.95. The number of alkyl halides is 1. The van der Waals surface area contributed by atoms with E-state index in [-0.39, 0.29) is 0 Å². The van der Waals surface area contributed by atoms with Crippen LogP contribution in [0.25, 0.3) is 0 Å². The lowest BCUT2D eigenvalue weighted by molar-refractivity contribution is 0.519. The Bertz CT molecular complexity index is 202. The van der Waals surface area contributed by atoms with Gasteiger partial charge in [0, 0.05) is 5.33 Å². The molecule has 0 saturated heterocycles. The summed E-state index contributed by atoms with van der Waals surface area (Å²) < 4.78 is 0. The van der Waals surface area contributed by atoms with Crippen LogP contribution in [0.2, 0.25) is 0 Å². The van der Waals surface area contributed by atoms with Crippen molar-refractivity contribution in [2.24, 2.45) is 0 Å². The highest BCUT2D eigenvalue weighted by atomic mass is 79.9. The van der Waals surface area contributed by atoms with Crippen molar-refractivity contribution < 1.29 is 0 Å². The zero-order chi connectivity index (χ0) is 19.0. The van der Waals surface area contributed by atoms with Gasteiger partial charge in [0.2, 0.25) is 0 Å². The van der Waals surface area contributed by atoms with E-state index in [1.807, 2.05) is 0 Å². The number of rotatable bonds is 23. The second kappa shape index (κ2) is 25.5. The molecule has 0 aliphatic rings. The molecule has 0 bridgehead atoms. The molecule has 0 amide bonds. The molecule has 1 heteroatoms. The summed E-state index contributed by atoms with van der Waals surface area (Å²) in [6.07, 6.45) is 33.8. The van der Waals surface area contributed by atoms with Crippen LogP contribution in [0.15, 0.2) is 0 Å². The monoisotopic (exact) mass is 430 g/mol. The van der Waals surface area contributed by atoms with Gasteiger partial charge in [-0.05, 0) is 6.42 Å². The lowest BCUT2D eigenvalue weighted by Crippen LogP contribution is -1.84. The molecule has 0 aromatic heterocycles. The molecule has 0 spiro atoms. The van der Waals surface area contributed by atoms with Crippen LogP contribution in [0.1, 0.15) is 155 Å². The Hall–Kier alpha value is 0.480. The maximum absolute atomic E-state index is 3.51. The van der Waals surface area contributed by atoms with Crippen molar-refractivity contribution in [2.75, 3.05) is 5.33 Å². The van der Waals surface area contributed by atoms with Gasteiger partial charge in [-0.2, -0.15) is 0 Å². The Balaban J connectivity index is 2.95. The third kappa shape index (κ3) is 24.5. The lowest BCUT2D eigenvalue weighted by Gasteiger charge is -2.04. The van der Waals surface area contributed by atoms with Crippen molar-refractivity contribution in [3.63, 3.8) is 0 Å². The van der Waals surface area contributed by atoms with Crippen molar-refractivity contribution in [3.05, 3.63) is 0 Å². The van der Waals surface area contributed by atoms with Crippen LogP contribution in [0.3, 0.4) is 0 Å². The molecule has 0 fully saturated rings. The van der Waals surface area contributed by atoms with Gasteiger partial charge in [0.1, 0.15) is 0 Å². The van der Waals surface area contributed by atoms with E-state index in [0.29, 0.717) is 0 Å². The topological polar surface area (TPSA) is 0 Å². The standard InChI is InChI=1S/C25H51Br/c1-2-3-4-5-6-7-8-9-10-11-12-13-14-15-16-17-18-19-20-21-22-23-24-25-26/h2-25H2,1H3. The predicted molar refractivity (Wildman–Crippen MR) is 126 cm³/mol. The highest BCUT2D eigenvalue weighted by Crippen LogP contribution is 2.15. The molecule has 0 aromatic rings. The Morgan fingerprint density at radius 3 is 0.692 bits per heavy atom. The second-order valence-corrected chi connectivity index (χ2v) is 9.26. The molecule has 0 radical (unpaired) electrons. The van der Waals surface area contributed by atoms with Crippen LogP contribution in [-0.4, -0.2) is 5.33 Å². The normalized spacial score (nSPS) is 11.3. The quantitative estimate of drug-likeness (QED) is 0.111.